The Kier molecular flexibility index (Phi) is 4.27. The molecule has 0 aliphatic carbocycles. The highest BCUT2D eigenvalue weighted by molar-refractivity contribution is 7.91. The van der Waals surface area contributed by atoms with E-state index in [1.165, 1.54) is 27.8 Å². The number of rotatable bonds is 3. The maximum Gasteiger partial charge on any atom is 0.150 e. The summed E-state index contributed by atoms with van der Waals surface area (Å²) in [7, 11) is 1.25. The minimum atomic E-state index is -2.84. The van der Waals surface area contributed by atoms with E-state index in [-0.39, 0.29) is 0 Å². The molecule has 1 aliphatic heterocycles. The van der Waals surface area contributed by atoms with E-state index in [0.717, 1.165) is 18.4 Å². The van der Waals surface area contributed by atoms with E-state index in [4.69, 9.17) is 0 Å². The number of fused-ring (bicyclic) bond motifs is 1. The summed E-state index contributed by atoms with van der Waals surface area (Å²) in [6.07, 6.45) is 3.50. The van der Waals surface area contributed by atoms with Crippen molar-refractivity contribution in [3.8, 4) is 11.1 Å². The van der Waals surface area contributed by atoms with E-state index in [1.807, 2.05) is 14.1 Å². The second kappa shape index (κ2) is 6.47. The predicted octanol–water partition coefficient (Wildman–Crippen LogP) is 4.19. The van der Waals surface area contributed by atoms with Gasteiger partial charge in [0.05, 0.1) is 11.5 Å². The second-order valence-corrected chi connectivity index (χ2v) is 9.68. The Morgan fingerprint density at radius 1 is 1.00 bits per heavy atom. The number of H-pyrrole nitrogens is 1. The lowest BCUT2D eigenvalue weighted by molar-refractivity contribution is 0.551. The fourth-order valence-electron chi connectivity index (χ4n) is 3.82. The smallest absolute Gasteiger partial charge is 0.150 e. The lowest BCUT2D eigenvalue weighted by Gasteiger charge is -2.21. The van der Waals surface area contributed by atoms with E-state index >= 15 is 0 Å². The van der Waals surface area contributed by atoms with Crippen LogP contribution >= 0.6 is 0 Å². The molecule has 0 unspecified atom stereocenters. The Morgan fingerprint density at radius 2 is 1.73 bits per heavy atom. The second-order valence-electron chi connectivity index (χ2n) is 7.38. The Balaban J connectivity index is 1.72. The molecular weight excluding hydrogens is 344 g/mol. The van der Waals surface area contributed by atoms with Crippen molar-refractivity contribution < 1.29 is 8.42 Å². The minimum Gasteiger partial charge on any atom is -0.378 e. The highest BCUT2D eigenvalue weighted by Gasteiger charge is 2.26. The van der Waals surface area contributed by atoms with Gasteiger partial charge in [-0.3, -0.25) is 0 Å². The van der Waals surface area contributed by atoms with Crippen LogP contribution in [0.1, 0.15) is 24.3 Å². The topological polar surface area (TPSA) is 53.2 Å². The SMILES string of the molecule is CN(C)c1cccc(-c2ccc3[nH]cc(C4CCS(=O)(=O)CC4)c3c2)c1. The van der Waals surface area contributed by atoms with Crippen LogP contribution in [0.4, 0.5) is 5.69 Å². The summed E-state index contributed by atoms with van der Waals surface area (Å²) < 4.78 is 23.5. The van der Waals surface area contributed by atoms with Crippen LogP contribution < -0.4 is 4.90 Å². The first-order chi connectivity index (χ1) is 12.4. The van der Waals surface area contributed by atoms with Gasteiger partial charge >= 0.3 is 0 Å². The zero-order chi connectivity index (χ0) is 18.3. The Hall–Kier alpha value is -2.27. The normalized spacial score (nSPS) is 17.5. The van der Waals surface area contributed by atoms with Crippen molar-refractivity contribution in [3.05, 3.63) is 54.2 Å². The Bertz CT molecular complexity index is 1040. The zero-order valence-electron chi connectivity index (χ0n) is 15.2. The Labute approximate surface area is 154 Å². The summed E-state index contributed by atoms with van der Waals surface area (Å²) in [6.45, 7) is 0. The van der Waals surface area contributed by atoms with Crippen LogP contribution in [0, 0.1) is 0 Å². The molecule has 1 aromatic heterocycles. The molecule has 1 aliphatic rings. The first-order valence-electron chi connectivity index (χ1n) is 9.02. The number of anilines is 1. The number of hydrogen-bond acceptors (Lipinski definition) is 3. The van der Waals surface area contributed by atoms with E-state index in [1.54, 1.807) is 0 Å². The molecule has 0 spiro atoms. The summed E-state index contributed by atoms with van der Waals surface area (Å²) in [5.41, 5.74) is 5.91. The van der Waals surface area contributed by atoms with Gasteiger partial charge in [-0.1, -0.05) is 18.2 Å². The van der Waals surface area contributed by atoms with Crippen molar-refractivity contribution in [1.29, 1.82) is 0 Å². The van der Waals surface area contributed by atoms with Gasteiger partial charge in [-0.15, -0.1) is 0 Å². The number of nitrogens with zero attached hydrogens (tertiary/aromatic N) is 1. The number of aromatic amines is 1. The third-order valence-electron chi connectivity index (χ3n) is 5.40. The van der Waals surface area contributed by atoms with Gasteiger partial charge in [0, 0.05) is 36.9 Å². The van der Waals surface area contributed by atoms with Crippen molar-refractivity contribution in [2.24, 2.45) is 0 Å². The molecule has 2 heterocycles. The molecule has 0 bridgehead atoms. The van der Waals surface area contributed by atoms with Gasteiger partial charge < -0.3 is 9.88 Å². The molecule has 136 valence electrons. The van der Waals surface area contributed by atoms with Gasteiger partial charge in [0.25, 0.3) is 0 Å². The number of sulfone groups is 1. The van der Waals surface area contributed by atoms with Crippen molar-refractivity contribution >= 4 is 26.4 Å². The van der Waals surface area contributed by atoms with Crippen molar-refractivity contribution in [2.45, 2.75) is 18.8 Å². The van der Waals surface area contributed by atoms with Crippen LogP contribution in [0.5, 0.6) is 0 Å². The van der Waals surface area contributed by atoms with E-state index in [0.29, 0.717) is 17.4 Å². The number of hydrogen-bond donors (Lipinski definition) is 1. The van der Waals surface area contributed by atoms with Crippen LogP contribution in [0.15, 0.2) is 48.7 Å². The van der Waals surface area contributed by atoms with E-state index in [2.05, 4.69) is 58.5 Å². The third-order valence-corrected chi connectivity index (χ3v) is 7.12. The summed E-state index contributed by atoms with van der Waals surface area (Å²) in [5, 5.41) is 1.21. The molecule has 4 rings (SSSR count). The number of benzene rings is 2. The van der Waals surface area contributed by atoms with Gasteiger partial charge in [-0.25, -0.2) is 8.42 Å². The average molecular weight is 369 g/mol. The highest BCUT2D eigenvalue weighted by Crippen LogP contribution is 2.36. The van der Waals surface area contributed by atoms with Crippen molar-refractivity contribution in [3.63, 3.8) is 0 Å². The standard InChI is InChI=1S/C21H24N2O2S/c1-23(2)18-5-3-4-16(12-18)17-6-7-21-19(13-17)20(14-22-21)15-8-10-26(24,25)11-9-15/h3-7,12-15,22H,8-11H2,1-2H3. The fraction of sp³-hybridized carbons (Fsp3) is 0.333. The zero-order valence-corrected chi connectivity index (χ0v) is 16.0. The van der Waals surface area contributed by atoms with Crippen molar-refractivity contribution in [1.82, 2.24) is 4.98 Å². The maximum absolute atomic E-state index is 11.7. The number of nitrogens with one attached hydrogen (secondary N) is 1. The molecule has 0 atom stereocenters. The summed E-state index contributed by atoms with van der Waals surface area (Å²) in [5.74, 6) is 0.916. The maximum atomic E-state index is 11.7. The summed E-state index contributed by atoms with van der Waals surface area (Å²) in [6, 6.07) is 15.0. The van der Waals surface area contributed by atoms with Crippen LogP contribution in [-0.4, -0.2) is 39.0 Å². The quantitative estimate of drug-likeness (QED) is 0.754. The van der Waals surface area contributed by atoms with Gasteiger partial charge in [0.15, 0.2) is 0 Å². The van der Waals surface area contributed by atoms with Gasteiger partial charge in [-0.05, 0) is 59.7 Å². The summed E-state index contributed by atoms with van der Waals surface area (Å²) >= 11 is 0. The van der Waals surface area contributed by atoms with Crippen LogP contribution in [0.3, 0.4) is 0 Å². The average Bonchev–Trinajstić information content (AvgIpc) is 3.05. The van der Waals surface area contributed by atoms with Crippen LogP contribution in [0.25, 0.3) is 22.0 Å². The molecular formula is C21H24N2O2S. The lowest BCUT2D eigenvalue weighted by Crippen LogP contribution is -2.21. The first-order valence-corrected chi connectivity index (χ1v) is 10.8. The third kappa shape index (κ3) is 3.23. The molecule has 4 nitrogen and oxygen atoms in total. The molecule has 1 saturated heterocycles. The Morgan fingerprint density at radius 3 is 2.46 bits per heavy atom. The van der Waals surface area contributed by atoms with Gasteiger partial charge in [-0.2, -0.15) is 0 Å². The lowest BCUT2D eigenvalue weighted by atomic mass is 9.92. The summed E-state index contributed by atoms with van der Waals surface area (Å²) in [4.78, 5) is 5.46. The van der Waals surface area contributed by atoms with Crippen LogP contribution in [0.2, 0.25) is 0 Å². The minimum absolute atomic E-state index is 0.301. The fourth-order valence-corrected chi connectivity index (χ4v) is 5.32. The molecule has 1 fully saturated rings. The molecule has 26 heavy (non-hydrogen) atoms. The molecule has 1 N–H and O–H groups in total. The first kappa shape index (κ1) is 17.2. The molecule has 0 radical (unpaired) electrons. The highest BCUT2D eigenvalue weighted by atomic mass is 32.2. The monoisotopic (exact) mass is 368 g/mol. The van der Waals surface area contributed by atoms with Crippen LogP contribution in [-0.2, 0) is 9.84 Å². The molecule has 2 aromatic carbocycles. The predicted molar refractivity (Wildman–Crippen MR) is 109 cm³/mol. The van der Waals surface area contributed by atoms with E-state index in [9.17, 15) is 8.42 Å². The molecule has 3 aromatic rings. The van der Waals surface area contributed by atoms with E-state index < -0.39 is 9.84 Å². The van der Waals surface area contributed by atoms with Gasteiger partial charge in [0.2, 0.25) is 0 Å². The largest absolute Gasteiger partial charge is 0.378 e. The molecule has 0 saturated carbocycles. The molecule has 5 heteroatoms. The number of aromatic nitrogens is 1. The van der Waals surface area contributed by atoms with Gasteiger partial charge in [0.1, 0.15) is 9.84 Å². The molecule has 0 amide bonds. The van der Waals surface area contributed by atoms with Crippen molar-refractivity contribution in [2.75, 3.05) is 30.5 Å².